The van der Waals surface area contributed by atoms with Crippen molar-refractivity contribution in [3.63, 3.8) is 0 Å². The van der Waals surface area contributed by atoms with E-state index >= 15 is 0 Å². The number of ether oxygens (including phenoxy) is 1. The Kier molecular flexibility index (Phi) is 3.64. The fourth-order valence-corrected chi connectivity index (χ4v) is 2.63. The molecule has 3 N–H and O–H groups in total. The highest BCUT2D eigenvalue weighted by molar-refractivity contribution is 7.46. The molecule has 0 unspecified atom stereocenters. The summed E-state index contributed by atoms with van der Waals surface area (Å²) in [7, 11) is -4.50. The van der Waals surface area contributed by atoms with E-state index < -0.39 is 20.2 Å². The average Bonchev–Trinajstić information content (AvgIpc) is 3.02. The van der Waals surface area contributed by atoms with E-state index in [1.54, 1.807) is 4.57 Å². The molecule has 1 saturated heterocycles. The van der Waals surface area contributed by atoms with Crippen LogP contribution in [-0.2, 0) is 13.8 Å². The van der Waals surface area contributed by atoms with Crippen molar-refractivity contribution in [3.05, 3.63) is 23.0 Å². The maximum Gasteiger partial charge on any atom is 0.469 e. The van der Waals surface area contributed by atoms with Crippen LogP contribution < -0.4 is 5.56 Å². The Morgan fingerprint density at radius 1 is 1.48 bits per heavy atom. The van der Waals surface area contributed by atoms with E-state index in [1.807, 2.05) is 0 Å². The summed E-state index contributed by atoms with van der Waals surface area (Å²) < 4.78 is 22.4. The van der Waals surface area contributed by atoms with E-state index in [2.05, 4.69) is 19.5 Å². The predicted octanol–water partition coefficient (Wildman–Crippen LogP) is -0.0935. The zero-order chi connectivity index (χ0) is 15.0. The minimum atomic E-state index is -4.50. The van der Waals surface area contributed by atoms with Crippen molar-refractivity contribution in [2.45, 2.75) is 25.2 Å². The van der Waals surface area contributed by atoms with Crippen LogP contribution >= 0.6 is 7.82 Å². The third-order valence-corrected chi connectivity index (χ3v) is 3.67. The number of phosphoric acid groups is 1. The van der Waals surface area contributed by atoms with Gasteiger partial charge in [-0.25, -0.2) is 14.5 Å². The summed E-state index contributed by atoms with van der Waals surface area (Å²) in [5, 5.41) is 0. The smallest absolute Gasteiger partial charge is 0.352 e. The van der Waals surface area contributed by atoms with Gasteiger partial charge in [-0.15, -0.1) is 0 Å². The molecule has 0 aromatic carbocycles. The van der Waals surface area contributed by atoms with Crippen LogP contribution in [0.2, 0.25) is 0 Å². The molecule has 2 aromatic rings. The van der Waals surface area contributed by atoms with Gasteiger partial charge in [0.2, 0.25) is 0 Å². The Balaban J connectivity index is 1.75. The summed E-state index contributed by atoms with van der Waals surface area (Å²) in [6.45, 7) is -0.193. The Morgan fingerprint density at radius 2 is 2.29 bits per heavy atom. The highest BCUT2D eigenvalue weighted by atomic mass is 31.2. The van der Waals surface area contributed by atoms with Crippen molar-refractivity contribution in [1.82, 2.24) is 19.5 Å². The summed E-state index contributed by atoms with van der Waals surface area (Å²) in [4.78, 5) is 39.4. The highest BCUT2D eigenvalue weighted by Gasteiger charge is 2.30. The molecule has 0 amide bonds. The topological polar surface area (TPSA) is 140 Å². The van der Waals surface area contributed by atoms with E-state index in [9.17, 15) is 9.36 Å². The molecule has 114 valence electrons. The number of imidazole rings is 1. The molecule has 2 aromatic heterocycles. The van der Waals surface area contributed by atoms with Crippen LogP contribution in [-0.4, -0.2) is 42.0 Å². The number of H-pyrrole nitrogens is 1. The van der Waals surface area contributed by atoms with Gasteiger partial charge < -0.3 is 19.5 Å². The average molecular weight is 316 g/mol. The van der Waals surface area contributed by atoms with Gasteiger partial charge in [0.25, 0.3) is 5.56 Å². The van der Waals surface area contributed by atoms with Gasteiger partial charge >= 0.3 is 7.82 Å². The fraction of sp³-hybridized carbons (Fsp3) is 0.500. The normalized spacial score (nSPS) is 23.0. The van der Waals surface area contributed by atoms with Gasteiger partial charge in [0.05, 0.1) is 25.4 Å². The fourth-order valence-electron chi connectivity index (χ4n) is 2.27. The van der Waals surface area contributed by atoms with Gasteiger partial charge in [-0.05, 0) is 12.8 Å². The number of nitrogens with zero attached hydrogens (tertiary/aromatic N) is 3. The monoisotopic (exact) mass is 316 g/mol. The first kappa shape index (κ1) is 14.4. The van der Waals surface area contributed by atoms with E-state index in [-0.39, 0.29) is 17.7 Å². The summed E-state index contributed by atoms with van der Waals surface area (Å²) >= 11 is 0. The lowest BCUT2D eigenvalue weighted by atomic mass is 10.2. The van der Waals surface area contributed by atoms with Crippen molar-refractivity contribution in [3.8, 4) is 0 Å². The molecule has 0 radical (unpaired) electrons. The lowest BCUT2D eigenvalue weighted by Crippen LogP contribution is -2.16. The SMILES string of the molecule is O=c1[nH]cnc2c1ncn2[C@H]1CC[C@@H](COP(=O)(O)O)O1. The standard InChI is InChI=1S/C10H13N4O6P/c15-10-8-9(11-4-12-10)14(5-13-8)7-2-1-6(20-7)3-19-21(16,17)18/h4-7H,1-3H2,(H,11,12,15)(H2,16,17,18)/t6-,7+/m0/s1. The second-order valence-electron chi connectivity index (χ2n) is 4.63. The van der Waals surface area contributed by atoms with Crippen LogP contribution in [0.5, 0.6) is 0 Å². The zero-order valence-electron chi connectivity index (χ0n) is 10.7. The van der Waals surface area contributed by atoms with Crippen LogP contribution in [0.1, 0.15) is 19.1 Å². The van der Waals surface area contributed by atoms with E-state index in [1.165, 1.54) is 12.7 Å². The van der Waals surface area contributed by atoms with Gasteiger partial charge in [-0.3, -0.25) is 13.9 Å². The van der Waals surface area contributed by atoms with Gasteiger partial charge in [-0.1, -0.05) is 0 Å². The maximum atomic E-state index is 11.6. The van der Waals surface area contributed by atoms with Crippen LogP contribution in [0.4, 0.5) is 0 Å². The quantitative estimate of drug-likeness (QED) is 0.665. The third kappa shape index (κ3) is 3.04. The van der Waals surface area contributed by atoms with Crippen LogP contribution in [0.15, 0.2) is 17.4 Å². The van der Waals surface area contributed by atoms with Crippen molar-refractivity contribution >= 4 is 19.0 Å². The zero-order valence-corrected chi connectivity index (χ0v) is 11.6. The lowest BCUT2D eigenvalue weighted by Gasteiger charge is -2.15. The largest absolute Gasteiger partial charge is 0.469 e. The first-order chi connectivity index (χ1) is 9.94. The number of nitrogens with one attached hydrogen (secondary N) is 1. The van der Waals surface area contributed by atoms with Crippen LogP contribution in [0, 0.1) is 0 Å². The number of aromatic amines is 1. The second-order valence-corrected chi connectivity index (χ2v) is 5.87. The Bertz CT molecular complexity index is 751. The molecular formula is C10H13N4O6P. The molecule has 0 spiro atoms. The van der Waals surface area contributed by atoms with Gasteiger partial charge in [0.15, 0.2) is 11.2 Å². The molecule has 10 nitrogen and oxygen atoms in total. The number of hydrogen-bond donors (Lipinski definition) is 3. The van der Waals surface area contributed by atoms with E-state index in [4.69, 9.17) is 14.5 Å². The number of hydrogen-bond acceptors (Lipinski definition) is 6. The van der Waals surface area contributed by atoms with Gasteiger partial charge in [0, 0.05) is 0 Å². The maximum absolute atomic E-state index is 11.6. The van der Waals surface area contributed by atoms with Crippen LogP contribution in [0.3, 0.4) is 0 Å². The van der Waals surface area contributed by atoms with Crippen molar-refractivity contribution in [2.24, 2.45) is 0 Å². The van der Waals surface area contributed by atoms with Crippen molar-refractivity contribution < 1.29 is 23.6 Å². The minimum absolute atomic E-state index is 0.193. The first-order valence-corrected chi connectivity index (χ1v) is 7.73. The highest BCUT2D eigenvalue weighted by Crippen LogP contribution is 2.38. The Hall–Kier alpha value is -1.58. The third-order valence-electron chi connectivity index (χ3n) is 3.19. The summed E-state index contributed by atoms with van der Waals surface area (Å²) in [6.07, 6.45) is 3.11. The van der Waals surface area contributed by atoms with Crippen molar-refractivity contribution in [2.75, 3.05) is 6.61 Å². The number of rotatable bonds is 4. The van der Waals surface area contributed by atoms with Gasteiger partial charge in [0.1, 0.15) is 6.23 Å². The Labute approximate surface area is 118 Å². The molecule has 1 aliphatic rings. The minimum Gasteiger partial charge on any atom is -0.352 e. The number of phosphoric ester groups is 1. The summed E-state index contributed by atoms with van der Waals surface area (Å²) in [5.74, 6) is 0. The molecule has 1 fully saturated rings. The summed E-state index contributed by atoms with van der Waals surface area (Å²) in [6, 6.07) is 0. The second kappa shape index (κ2) is 5.32. The molecule has 21 heavy (non-hydrogen) atoms. The first-order valence-electron chi connectivity index (χ1n) is 6.20. The Morgan fingerprint density at radius 3 is 3.05 bits per heavy atom. The number of fused-ring (bicyclic) bond motifs is 1. The molecule has 0 aliphatic carbocycles. The molecule has 0 bridgehead atoms. The molecule has 0 saturated carbocycles. The van der Waals surface area contributed by atoms with Gasteiger partial charge in [-0.2, -0.15) is 0 Å². The molecule has 1 aliphatic heterocycles. The number of aromatic nitrogens is 4. The van der Waals surface area contributed by atoms with E-state index in [0.29, 0.717) is 18.5 Å². The lowest BCUT2D eigenvalue weighted by molar-refractivity contribution is -0.0205. The van der Waals surface area contributed by atoms with Crippen molar-refractivity contribution in [1.29, 1.82) is 0 Å². The molecular weight excluding hydrogens is 303 g/mol. The van der Waals surface area contributed by atoms with Crippen LogP contribution in [0.25, 0.3) is 11.2 Å². The van der Waals surface area contributed by atoms with E-state index in [0.717, 1.165) is 0 Å². The molecule has 3 rings (SSSR count). The predicted molar refractivity (Wildman–Crippen MR) is 69.3 cm³/mol. The molecule has 3 heterocycles. The molecule has 2 atom stereocenters. The molecule has 11 heteroatoms. The summed E-state index contributed by atoms with van der Waals surface area (Å²) in [5.41, 5.74) is 0.287.